The van der Waals surface area contributed by atoms with Crippen LogP contribution >= 0.6 is 0 Å². The molecule has 2 heterocycles. The fourth-order valence-corrected chi connectivity index (χ4v) is 2.52. The first-order chi connectivity index (χ1) is 11.6. The molecule has 0 spiro atoms. The Morgan fingerprint density at radius 2 is 1.96 bits per heavy atom. The van der Waals surface area contributed by atoms with Crippen molar-refractivity contribution in [2.75, 3.05) is 0 Å². The highest BCUT2D eigenvalue weighted by Crippen LogP contribution is 2.17. The first-order valence-electron chi connectivity index (χ1n) is 7.44. The molecule has 0 saturated carbocycles. The lowest BCUT2D eigenvalue weighted by Gasteiger charge is -2.03. The van der Waals surface area contributed by atoms with Gasteiger partial charge in [-0.2, -0.15) is 0 Å². The van der Waals surface area contributed by atoms with Gasteiger partial charge in [0.25, 0.3) is 0 Å². The Morgan fingerprint density at radius 1 is 1.17 bits per heavy atom. The molecular weight excluding hydrogens is 307 g/mol. The highest BCUT2D eigenvalue weighted by molar-refractivity contribution is 6.10. The van der Waals surface area contributed by atoms with Gasteiger partial charge in [0.2, 0.25) is 5.78 Å². The van der Waals surface area contributed by atoms with Crippen LogP contribution < -0.4 is 0 Å². The molecule has 0 fully saturated rings. The fraction of sp³-hybridized carbons (Fsp3) is 0.105. The van der Waals surface area contributed by atoms with E-state index in [1.165, 1.54) is 24.3 Å². The average Bonchev–Trinajstić information content (AvgIpc) is 2.98. The van der Waals surface area contributed by atoms with Gasteiger partial charge >= 0.3 is 0 Å². The van der Waals surface area contributed by atoms with E-state index in [1.54, 1.807) is 42.3 Å². The van der Waals surface area contributed by atoms with E-state index in [2.05, 4.69) is 4.98 Å². The summed E-state index contributed by atoms with van der Waals surface area (Å²) >= 11 is 0. The molecule has 0 unspecified atom stereocenters. The van der Waals surface area contributed by atoms with Crippen LogP contribution in [0.4, 0.5) is 4.39 Å². The van der Waals surface area contributed by atoms with E-state index < -0.39 is 11.6 Å². The summed E-state index contributed by atoms with van der Waals surface area (Å²) in [6.45, 7) is 0. The summed E-state index contributed by atoms with van der Waals surface area (Å²) in [6.07, 6.45) is 5.06. The Kier molecular flexibility index (Phi) is 4.33. The minimum absolute atomic E-state index is 0.00930. The van der Waals surface area contributed by atoms with Crippen molar-refractivity contribution in [3.05, 3.63) is 89.3 Å². The Labute approximate surface area is 138 Å². The van der Waals surface area contributed by atoms with Crippen molar-refractivity contribution in [2.45, 2.75) is 6.42 Å². The predicted molar refractivity (Wildman–Crippen MR) is 87.5 cm³/mol. The SMILES string of the molecule is Cn1cc(C(=O)Cc2cccnc2)cc1C(=O)c1ccccc1F. The molecule has 0 aliphatic carbocycles. The van der Waals surface area contributed by atoms with Crippen LogP contribution in [0, 0.1) is 5.82 Å². The van der Waals surface area contributed by atoms with Crippen LogP contribution in [-0.4, -0.2) is 21.1 Å². The molecule has 0 bridgehead atoms. The van der Waals surface area contributed by atoms with Crippen molar-refractivity contribution < 1.29 is 14.0 Å². The number of hydrogen-bond donors (Lipinski definition) is 0. The molecule has 5 heteroatoms. The Hall–Kier alpha value is -3.08. The van der Waals surface area contributed by atoms with Gasteiger partial charge in [-0.3, -0.25) is 14.6 Å². The summed E-state index contributed by atoms with van der Waals surface area (Å²) in [4.78, 5) is 28.9. The third-order valence-corrected chi connectivity index (χ3v) is 3.77. The number of benzene rings is 1. The van der Waals surface area contributed by atoms with Gasteiger partial charge in [-0.25, -0.2) is 4.39 Å². The van der Waals surface area contributed by atoms with Crippen molar-refractivity contribution in [1.29, 1.82) is 0 Å². The summed E-state index contributed by atoms with van der Waals surface area (Å²) in [5, 5.41) is 0. The third kappa shape index (κ3) is 3.15. The maximum absolute atomic E-state index is 13.8. The number of ketones is 2. The van der Waals surface area contributed by atoms with Gasteiger partial charge in [0.15, 0.2) is 5.78 Å². The molecule has 0 N–H and O–H groups in total. The number of hydrogen-bond acceptors (Lipinski definition) is 3. The average molecular weight is 322 g/mol. The van der Waals surface area contributed by atoms with Crippen molar-refractivity contribution in [1.82, 2.24) is 9.55 Å². The molecule has 1 aromatic carbocycles. The number of halogens is 1. The predicted octanol–water partition coefficient (Wildman–Crippen LogP) is 3.22. The summed E-state index contributed by atoms with van der Waals surface area (Å²) < 4.78 is 15.4. The fourth-order valence-electron chi connectivity index (χ4n) is 2.52. The molecule has 0 aliphatic rings. The van der Waals surface area contributed by atoms with Gasteiger partial charge in [0, 0.05) is 37.6 Å². The molecule has 0 atom stereocenters. The van der Waals surface area contributed by atoms with E-state index in [-0.39, 0.29) is 23.5 Å². The minimum atomic E-state index is -0.577. The molecular formula is C19H15FN2O2. The lowest BCUT2D eigenvalue weighted by atomic mass is 10.0. The van der Waals surface area contributed by atoms with Crippen LogP contribution in [0.2, 0.25) is 0 Å². The van der Waals surface area contributed by atoms with Crippen LogP contribution in [0.5, 0.6) is 0 Å². The lowest BCUT2D eigenvalue weighted by Crippen LogP contribution is -2.08. The second-order valence-electron chi connectivity index (χ2n) is 5.50. The summed E-state index contributed by atoms with van der Waals surface area (Å²) in [5.74, 6) is -1.14. The first kappa shape index (κ1) is 15.8. The van der Waals surface area contributed by atoms with Crippen LogP contribution in [0.1, 0.15) is 32.0 Å². The number of pyridine rings is 1. The van der Waals surface area contributed by atoms with E-state index in [0.29, 0.717) is 5.56 Å². The highest BCUT2D eigenvalue weighted by atomic mass is 19.1. The number of aryl methyl sites for hydroxylation is 1. The number of rotatable bonds is 5. The number of Topliss-reactive ketones (excluding diaryl/α,β-unsaturated/α-hetero) is 1. The molecule has 4 nitrogen and oxygen atoms in total. The van der Waals surface area contributed by atoms with Crippen LogP contribution in [0.15, 0.2) is 61.1 Å². The lowest BCUT2D eigenvalue weighted by molar-refractivity contribution is 0.0992. The molecule has 3 rings (SSSR count). The van der Waals surface area contributed by atoms with E-state index in [1.807, 2.05) is 6.07 Å². The summed E-state index contributed by atoms with van der Waals surface area (Å²) in [7, 11) is 1.66. The van der Waals surface area contributed by atoms with Gasteiger partial charge in [-0.05, 0) is 29.8 Å². The van der Waals surface area contributed by atoms with Gasteiger partial charge in [-0.1, -0.05) is 18.2 Å². The minimum Gasteiger partial charge on any atom is -0.347 e. The van der Waals surface area contributed by atoms with Crippen molar-refractivity contribution in [3.63, 3.8) is 0 Å². The zero-order chi connectivity index (χ0) is 17.1. The topological polar surface area (TPSA) is 52.0 Å². The van der Waals surface area contributed by atoms with Gasteiger partial charge in [0.05, 0.1) is 11.3 Å². The number of aromatic nitrogens is 2. The normalized spacial score (nSPS) is 10.6. The molecule has 0 amide bonds. The van der Waals surface area contributed by atoms with Gasteiger partial charge < -0.3 is 4.57 Å². The second kappa shape index (κ2) is 6.58. The molecule has 3 aromatic rings. The summed E-state index contributed by atoms with van der Waals surface area (Å²) in [6, 6.07) is 10.9. The Balaban J connectivity index is 1.86. The molecule has 0 saturated heterocycles. The Morgan fingerprint density at radius 3 is 2.67 bits per heavy atom. The number of carbonyl (C=O) groups is 2. The standard InChI is InChI=1S/C19H15FN2O2/c1-22-12-14(18(23)9-13-5-4-8-21-11-13)10-17(22)19(24)15-6-2-3-7-16(15)20/h2-8,10-12H,9H2,1H3. The molecule has 24 heavy (non-hydrogen) atoms. The van der Waals surface area contributed by atoms with E-state index >= 15 is 0 Å². The maximum Gasteiger partial charge on any atom is 0.212 e. The van der Waals surface area contributed by atoms with Crippen molar-refractivity contribution >= 4 is 11.6 Å². The molecule has 2 aromatic heterocycles. The number of carbonyl (C=O) groups excluding carboxylic acids is 2. The monoisotopic (exact) mass is 322 g/mol. The maximum atomic E-state index is 13.8. The second-order valence-corrected chi connectivity index (χ2v) is 5.50. The van der Waals surface area contributed by atoms with Crippen LogP contribution in [-0.2, 0) is 13.5 Å². The highest BCUT2D eigenvalue weighted by Gasteiger charge is 2.19. The van der Waals surface area contributed by atoms with Crippen LogP contribution in [0.3, 0.4) is 0 Å². The smallest absolute Gasteiger partial charge is 0.212 e. The number of nitrogens with zero attached hydrogens (tertiary/aromatic N) is 2. The Bertz CT molecular complexity index is 901. The zero-order valence-electron chi connectivity index (χ0n) is 13.1. The van der Waals surface area contributed by atoms with E-state index in [4.69, 9.17) is 0 Å². The van der Waals surface area contributed by atoms with Crippen molar-refractivity contribution in [3.8, 4) is 0 Å². The van der Waals surface area contributed by atoms with Crippen molar-refractivity contribution in [2.24, 2.45) is 7.05 Å². The largest absolute Gasteiger partial charge is 0.347 e. The molecule has 120 valence electrons. The molecule has 0 radical (unpaired) electrons. The third-order valence-electron chi connectivity index (χ3n) is 3.77. The first-order valence-corrected chi connectivity index (χ1v) is 7.44. The quantitative estimate of drug-likeness (QED) is 0.678. The zero-order valence-corrected chi connectivity index (χ0v) is 13.1. The molecule has 0 aliphatic heterocycles. The summed E-state index contributed by atoms with van der Waals surface area (Å²) in [5.41, 5.74) is 1.48. The van der Waals surface area contributed by atoms with Gasteiger partial charge in [0.1, 0.15) is 5.82 Å². The van der Waals surface area contributed by atoms with Gasteiger partial charge in [-0.15, -0.1) is 0 Å². The van der Waals surface area contributed by atoms with Crippen LogP contribution in [0.25, 0.3) is 0 Å². The van der Waals surface area contributed by atoms with E-state index in [0.717, 1.165) is 5.56 Å². The van der Waals surface area contributed by atoms with E-state index in [9.17, 15) is 14.0 Å².